The van der Waals surface area contributed by atoms with Crippen LogP contribution in [-0.2, 0) is 17.8 Å². The van der Waals surface area contributed by atoms with Crippen LogP contribution in [0.3, 0.4) is 0 Å². The summed E-state index contributed by atoms with van der Waals surface area (Å²) in [5.74, 6) is 0.356. The molecular weight excluding hydrogens is 198 g/mol. The quantitative estimate of drug-likeness (QED) is 0.708. The van der Waals surface area contributed by atoms with Crippen molar-refractivity contribution in [1.82, 2.24) is 4.90 Å². The van der Waals surface area contributed by atoms with Crippen LogP contribution in [0.5, 0.6) is 0 Å². The van der Waals surface area contributed by atoms with Gasteiger partial charge in [0.2, 0.25) is 5.91 Å². The van der Waals surface area contributed by atoms with E-state index in [0.717, 1.165) is 13.0 Å². The number of carbonyl (C=O) groups excluding carboxylic acids is 1. The Bertz CT molecular complexity index is 397. The van der Waals surface area contributed by atoms with Crippen LogP contribution in [0.2, 0.25) is 0 Å². The van der Waals surface area contributed by atoms with E-state index in [2.05, 4.69) is 25.1 Å². The number of carbonyl (C=O) groups is 1. The fourth-order valence-electron chi connectivity index (χ4n) is 2.31. The zero-order valence-corrected chi connectivity index (χ0v) is 10.2. The van der Waals surface area contributed by atoms with E-state index >= 15 is 0 Å². The largest absolute Gasteiger partial charge is 0.335 e. The molecule has 1 aromatic rings. The molecule has 0 aromatic heterocycles. The Morgan fingerprint density at radius 1 is 1.31 bits per heavy atom. The second-order valence-electron chi connectivity index (χ2n) is 4.94. The maximum absolute atomic E-state index is 12.0. The highest BCUT2D eigenvalue weighted by molar-refractivity contribution is 5.78. The molecule has 0 radical (unpaired) electrons. The zero-order valence-electron chi connectivity index (χ0n) is 10.2. The van der Waals surface area contributed by atoms with Gasteiger partial charge in [0.05, 0.1) is 0 Å². The number of amides is 1. The van der Waals surface area contributed by atoms with Gasteiger partial charge >= 0.3 is 0 Å². The summed E-state index contributed by atoms with van der Waals surface area (Å²) in [6.45, 7) is 6.84. The molecule has 1 aliphatic heterocycles. The molecule has 1 aliphatic rings. The Morgan fingerprint density at radius 2 is 1.94 bits per heavy atom. The van der Waals surface area contributed by atoms with Gasteiger partial charge in [0.25, 0.3) is 0 Å². The van der Waals surface area contributed by atoms with E-state index in [1.165, 1.54) is 11.1 Å². The van der Waals surface area contributed by atoms with Crippen LogP contribution in [0.25, 0.3) is 0 Å². The molecule has 1 unspecified atom stereocenters. The van der Waals surface area contributed by atoms with Gasteiger partial charge in [-0.15, -0.1) is 0 Å². The Labute approximate surface area is 97.3 Å². The standard InChI is InChI=1S/C14H19NO/c1-10(2)14(16)15-9-13-7-5-4-6-12(13)8-11(15)3/h4-7,10-11H,8-9H2,1-3H3. The van der Waals surface area contributed by atoms with E-state index in [4.69, 9.17) is 0 Å². The van der Waals surface area contributed by atoms with Gasteiger partial charge in [-0.2, -0.15) is 0 Å². The topological polar surface area (TPSA) is 20.3 Å². The van der Waals surface area contributed by atoms with Gasteiger partial charge in [-0.05, 0) is 24.5 Å². The smallest absolute Gasteiger partial charge is 0.225 e. The summed E-state index contributed by atoms with van der Waals surface area (Å²) in [6, 6.07) is 8.74. The van der Waals surface area contributed by atoms with Gasteiger partial charge in [-0.3, -0.25) is 4.79 Å². The monoisotopic (exact) mass is 217 g/mol. The van der Waals surface area contributed by atoms with E-state index < -0.39 is 0 Å². The predicted molar refractivity (Wildman–Crippen MR) is 65.0 cm³/mol. The lowest BCUT2D eigenvalue weighted by molar-refractivity contribution is -0.137. The lowest BCUT2D eigenvalue weighted by Gasteiger charge is -2.36. The average molecular weight is 217 g/mol. The minimum atomic E-state index is 0.0905. The number of fused-ring (bicyclic) bond motifs is 1. The molecule has 2 rings (SSSR count). The summed E-state index contributed by atoms with van der Waals surface area (Å²) in [5.41, 5.74) is 2.69. The molecule has 16 heavy (non-hydrogen) atoms. The van der Waals surface area contributed by atoms with Gasteiger partial charge in [-0.1, -0.05) is 38.1 Å². The highest BCUT2D eigenvalue weighted by Gasteiger charge is 2.27. The minimum absolute atomic E-state index is 0.0905. The van der Waals surface area contributed by atoms with E-state index in [9.17, 15) is 4.79 Å². The number of hydrogen-bond acceptors (Lipinski definition) is 1. The minimum Gasteiger partial charge on any atom is -0.335 e. The second kappa shape index (κ2) is 4.28. The first-order valence-corrected chi connectivity index (χ1v) is 5.97. The molecule has 0 spiro atoms. The van der Waals surface area contributed by atoms with Gasteiger partial charge in [-0.25, -0.2) is 0 Å². The first kappa shape index (κ1) is 11.2. The third-order valence-corrected chi connectivity index (χ3v) is 3.28. The summed E-state index contributed by atoms with van der Waals surface area (Å²) in [7, 11) is 0. The molecule has 1 aromatic carbocycles. The molecule has 2 heteroatoms. The number of hydrogen-bond donors (Lipinski definition) is 0. The van der Waals surface area contributed by atoms with Crippen molar-refractivity contribution in [2.75, 3.05) is 0 Å². The molecule has 2 nitrogen and oxygen atoms in total. The SMILES string of the molecule is CC(C)C(=O)N1Cc2ccccc2CC1C. The molecule has 1 heterocycles. The Balaban J connectivity index is 2.24. The number of nitrogens with zero attached hydrogens (tertiary/aromatic N) is 1. The van der Waals surface area contributed by atoms with Gasteiger partial charge < -0.3 is 4.90 Å². The lowest BCUT2D eigenvalue weighted by atomic mass is 9.94. The van der Waals surface area contributed by atoms with Gasteiger partial charge in [0.1, 0.15) is 0 Å². The molecular formula is C14H19NO. The molecule has 0 fully saturated rings. The van der Waals surface area contributed by atoms with Crippen molar-refractivity contribution in [3.05, 3.63) is 35.4 Å². The van der Waals surface area contributed by atoms with Gasteiger partial charge in [0, 0.05) is 18.5 Å². The third kappa shape index (κ3) is 1.97. The van der Waals surface area contributed by atoms with Crippen LogP contribution in [0, 0.1) is 5.92 Å². The average Bonchev–Trinajstić information content (AvgIpc) is 2.27. The Kier molecular flexibility index (Phi) is 2.99. The van der Waals surface area contributed by atoms with Crippen LogP contribution < -0.4 is 0 Å². The first-order valence-electron chi connectivity index (χ1n) is 5.97. The van der Waals surface area contributed by atoms with Crippen LogP contribution in [-0.4, -0.2) is 16.8 Å². The van der Waals surface area contributed by atoms with Gasteiger partial charge in [0.15, 0.2) is 0 Å². The molecule has 0 bridgehead atoms. The molecule has 0 saturated heterocycles. The molecule has 86 valence electrons. The zero-order chi connectivity index (χ0) is 11.7. The van der Waals surface area contributed by atoms with Crippen LogP contribution in [0.1, 0.15) is 31.9 Å². The second-order valence-corrected chi connectivity index (χ2v) is 4.94. The fourth-order valence-corrected chi connectivity index (χ4v) is 2.31. The normalized spacial score (nSPS) is 19.8. The van der Waals surface area contributed by atoms with Crippen molar-refractivity contribution in [2.45, 2.75) is 39.8 Å². The van der Waals surface area contributed by atoms with Crippen molar-refractivity contribution in [1.29, 1.82) is 0 Å². The summed E-state index contributed by atoms with van der Waals surface area (Å²) in [6.07, 6.45) is 0.981. The van der Waals surface area contributed by atoms with Crippen molar-refractivity contribution in [3.8, 4) is 0 Å². The molecule has 0 saturated carbocycles. The van der Waals surface area contributed by atoms with E-state index in [1.54, 1.807) is 0 Å². The number of rotatable bonds is 1. The van der Waals surface area contributed by atoms with Crippen molar-refractivity contribution in [3.63, 3.8) is 0 Å². The molecule has 0 aliphatic carbocycles. The first-order chi connectivity index (χ1) is 7.59. The predicted octanol–water partition coefficient (Wildman–Crippen LogP) is 2.62. The summed E-state index contributed by atoms with van der Waals surface area (Å²) in [5, 5.41) is 0. The summed E-state index contributed by atoms with van der Waals surface area (Å²) in [4.78, 5) is 14.1. The third-order valence-electron chi connectivity index (χ3n) is 3.28. The van der Waals surface area contributed by atoms with Crippen molar-refractivity contribution < 1.29 is 4.79 Å². The highest BCUT2D eigenvalue weighted by Crippen LogP contribution is 2.24. The summed E-state index contributed by atoms with van der Waals surface area (Å²) >= 11 is 0. The van der Waals surface area contributed by atoms with Crippen molar-refractivity contribution >= 4 is 5.91 Å². The fraction of sp³-hybridized carbons (Fsp3) is 0.500. The highest BCUT2D eigenvalue weighted by atomic mass is 16.2. The molecule has 1 atom stereocenters. The maximum atomic E-state index is 12.0. The van der Waals surface area contributed by atoms with Crippen LogP contribution in [0.15, 0.2) is 24.3 Å². The Morgan fingerprint density at radius 3 is 2.56 bits per heavy atom. The van der Waals surface area contributed by atoms with E-state index in [-0.39, 0.29) is 11.8 Å². The maximum Gasteiger partial charge on any atom is 0.225 e. The van der Waals surface area contributed by atoms with Crippen LogP contribution in [0.4, 0.5) is 0 Å². The lowest BCUT2D eigenvalue weighted by Crippen LogP contribution is -2.44. The Hall–Kier alpha value is -1.31. The molecule has 0 N–H and O–H groups in total. The van der Waals surface area contributed by atoms with E-state index in [0.29, 0.717) is 6.04 Å². The van der Waals surface area contributed by atoms with E-state index in [1.807, 2.05) is 24.8 Å². The van der Waals surface area contributed by atoms with Crippen molar-refractivity contribution in [2.24, 2.45) is 5.92 Å². The molecule has 1 amide bonds. The van der Waals surface area contributed by atoms with Crippen LogP contribution >= 0.6 is 0 Å². The summed E-state index contributed by atoms with van der Waals surface area (Å²) < 4.78 is 0. The number of benzene rings is 1.